The lowest BCUT2D eigenvalue weighted by Crippen LogP contribution is -2.25. The van der Waals surface area contributed by atoms with Gasteiger partial charge in [-0.2, -0.15) is 13.2 Å². The Hall–Kier alpha value is -2.74. The molecule has 1 N–H and O–H groups in total. The van der Waals surface area contributed by atoms with Gasteiger partial charge in [0.05, 0.1) is 5.60 Å². The zero-order chi connectivity index (χ0) is 25.3. The van der Waals surface area contributed by atoms with Crippen molar-refractivity contribution in [3.05, 3.63) is 59.0 Å². The first-order valence-electron chi connectivity index (χ1n) is 11.5. The molecule has 0 saturated carbocycles. The maximum absolute atomic E-state index is 13.4. The Kier molecular flexibility index (Phi) is 7.22. The summed E-state index contributed by atoms with van der Waals surface area (Å²) in [5.41, 5.74) is -1.24. The summed E-state index contributed by atoms with van der Waals surface area (Å²) in [6, 6.07) is 10.5. The van der Waals surface area contributed by atoms with Crippen molar-refractivity contribution in [2.45, 2.75) is 84.0 Å². The van der Waals surface area contributed by atoms with Crippen molar-refractivity contribution in [3.8, 4) is 0 Å². The number of fused-ring (bicyclic) bond motifs is 1. The van der Waals surface area contributed by atoms with Gasteiger partial charge in [0.25, 0.3) is 0 Å². The molecule has 3 rings (SSSR count). The minimum atomic E-state index is -4.53. The summed E-state index contributed by atoms with van der Waals surface area (Å²) in [4.78, 5) is 21.0. The predicted octanol–water partition coefficient (Wildman–Crippen LogP) is 6.09. The number of ketones is 1. The van der Waals surface area contributed by atoms with Gasteiger partial charge in [-0.05, 0) is 64.7 Å². The van der Waals surface area contributed by atoms with Crippen LogP contribution in [0.4, 0.5) is 13.2 Å². The molecule has 0 amide bonds. The summed E-state index contributed by atoms with van der Waals surface area (Å²) >= 11 is 0. The Morgan fingerprint density at radius 3 is 2.26 bits per heavy atom. The van der Waals surface area contributed by atoms with E-state index in [1.807, 2.05) is 39.0 Å². The standard InChI is InChI=1S/C26H32F3N3O2/c1-17-15-20-23(31-22(17)26(27,28)29)32(24(2,3)4)21(30-20)14-10-9-13-19(33)16-25(5,34)18-11-7-6-8-12-18/h6-8,11-12,15,34H,9-10,13-14,16H2,1-5H3/t25-/m0/s1. The van der Waals surface area contributed by atoms with E-state index in [4.69, 9.17) is 0 Å². The number of Topliss-reactive ketones (excluding diaryl/α,β-unsaturated/α-hetero) is 1. The number of hydrogen-bond acceptors (Lipinski definition) is 4. The summed E-state index contributed by atoms with van der Waals surface area (Å²) in [7, 11) is 0. The zero-order valence-electron chi connectivity index (χ0n) is 20.3. The highest BCUT2D eigenvalue weighted by atomic mass is 19.4. The number of halogens is 3. The van der Waals surface area contributed by atoms with Gasteiger partial charge in [-0.25, -0.2) is 9.97 Å². The SMILES string of the molecule is Cc1cc2nc(CCCCC(=O)C[C@](C)(O)c3ccccc3)n(C(C)(C)C)c2nc1C(F)(F)F. The molecule has 34 heavy (non-hydrogen) atoms. The van der Waals surface area contributed by atoms with Crippen molar-refractivity contribution < 1.29 is 23.1 Å². The first-order chi connectivity index (χ1) is 15.7. The quantitative estimate of drug-likeness (QED) is 0.400. The highest BCUT2D eigenvalue weighted by molar-refractivity contribution is 5.79. The maximum atomic E-state index is 13.4. The number of pyridine rings is 1. The van der Waals surface area contributed by atoms with Crippen molar-refractivity contribution in [1.82, 2.24) is 14.5 Å². The van der Waals surface area contributed by atoms with Gasteiger partial charge in [0.15, 0.2) is 5.65 Å². The first-order valence-corrected chi connectivity index (χ1v) is 11.5. The molecule has 8 heteroatoms. The fraction of sp³-hybridized carbons (Fsp3) is 0.500. The van der Waals surface area contributed by atoms with Crippen molar-refractivity contribution in [2.24, 2.45) is 0 Å². The van der Waals surface area contributed by atoms with Crippen molar-refractivity contribution in [1.29, 1.82) is 0 Å². The molecule has 0 radical (unpaired) electrons. The van der Waals surface area contributed by atoms with Crippen LogP contribution in [-0.4, -0.2) is 25.4 Å². The third-order valence-electron chi connectivity index (χ3n) is 5.88. The molecule has 0 aliphatic rings. The van der Waals surface area contributed by atoms with Crippen molar-refractivity contribution in [2.75, 3.05) is 0 Å². The van der Waals surface area contributed by atoms with Gasteiger partial charge in [-0.15, -0.1) is 0 Å². The summed E-state index contributed by atoms with van der Waals surface area (Å²) in [6.45, 7) is 8.74. The van der Waals surface area contributed by atoms with Gasteiger partial charge >= 0.3 is 6.18 Å². The summed E-state index contributed by atoms with van der Waals surface area (Å²) < 4.78 is 42.0. The van der Waals surface area contributed by atoms with E-state index >= 15 is 0 Å². The molecule has 0 aliphatic heterocycles. The fourth-order valence-electron chi connectivity index (χ4n) is 4.28. The minimum absolute atomic E-state index is 0.0287. The lowest BCUT2D eigenvalue weighted by atomic mass is 9.89. The normalized spacial score (nSPS) is 14.4. The minimum Gasteiger partial charge on any atom is -0.385 e. The van der Waals surface area contributed by atoms with Crippen LogP contribution in [-0.2, 0) is 28.5 Å². The predicted molar refractivity (Wildman–Crippen MR) is 125 cm³/mol. The van der Waals surface area contributed by atoms with Gasteiger partial charge in [0, 0.05) is 24.8 Å². The smallest absolute Gasteiger partial charge is 0.385 e. The number of imidazole rings is 1. The second-order valence-corrected chi connectivity index (χ2v) is 10.1. The van der Waals surface area contributed by atoms with E-state index in [-0.39, 0.29) is 23.4 Å². The monoisotopic (exact) mass is 475 g/mol. The van der Waals surface area contributed by atoms with E-state index in [9.17, 15) is 23.1 Å². The number of nitrogens with zero attached hydrogens (tertiary/aromatic N) is 3. The lowest BCUT2D eigenvalue weighted by molar-refractivity contribution is -0.141. The van der Waals surface area contributed by atoms with Crippen LogP contribution in [0.3, 0.4) is 0 Å². The van der Waals surface area contributed by atoms with Gasteiger partial charge < -0.3 is 9.67 Å². The number of benzene rings is 1. The maximum Gasteiger partial charge on any atom is 0.433 e. The molecule has 2 aromatic heterocycles. The number of aryl methyl sites for hydroxylation is 2. The fourth-order valence-corrected chi connectivity index (χ4v) is 4.28. The van der Waals surface area contributed by atoms with Crippen LogP contribution in [0.15, 0.2) is 36.4 Å². The molecule has 2 heterocycles. The molecular formula is C26H32F3N3O2. The zero-order valence-corrected chi connectivity index (χ0v) is 20.3. The molecular weight excluding hydrogens is 443 g/mol. The largest absolute Gasteiger partial charge is 0.433 e. The summed E-state index contributed by atoms with van der Waals surface area (Å²) in [5.74, 6) is 0.614. The Morgan fingerprint density at radius 2 is 1.68 bits per heavy atom. The van der Waals surface area contributed by atoms with Gasteiger partial charge in [-0.1, -0.05) is 30.3 Å². The van der Waals surface area contributed by atoms with E-state index in [0.29, 0.717) is 42.6 Å². The third kappa shape index (κ3) is 5.84. The molecule has 0 bridgehead atoms. The number of carbonyl (C=O) groups is 1. The molecule has 0 spiro atoms. The van der Waals surface area contributed by atoms with Crippen LogP contribution < -0.4 is 0 Å². The molecule has 184 valence electrons. The van der Waals surface area contributed by atoms with Crippen molar-refractivity contribution >= 4 is 16.9 Å². The summed E-state index contributed by atoms with van der Waals surface area (Å²) in [6.07, 6.45) is -2.45. The Morgan fingerprint density at radius 1 is 1.03 bits per heavy atom. The molecule has 3 aromatic rings. The average Bonchev–Trinajstić information content (AvgIpc) is 3.07. The summed E-state index contributed by atoms with van der Waals surface area (Å²) in [5, 5.41) is 10.7. The highest BCUT2D eigenvalue weighted by Gasteiger charge is 2.36. The van der Waals surface area contributed by atoms with Crippen LogP contribution in [0.1, 0.15) is 76.0 Å². The van der Waals surface area contributed by atoms with E-state index in [1.54, 1.807) is 23.6 Å². The topological polar surface area (TPSA) is 68.0 Å². The second-order valence-electron chi connectivity index (χ2n) is 10.1. The molecule has 5 nitrogen and oxygen atoms in total. The lowest BCUT2D eigenvalue weighted by Gasteiger charge is -2.24. The van der Waals surface area contributed by atoms with E-state index in [2.05, 4.69) is 9.97 Å². The van der Waals surface area contributed by atoms with Gasteiger partial charge in [0.1, 0.15) is 22.8 Å². The first kappa shape index (κ1) is 25.9. The number of unbranched alkanes of at least 4 members (excludes halogenated alkanes) is 1. The number of alkyl halides is 3. The highest BCUT2D eigenvalue weighted by Crippen LogP contribution is 2.34. The number of aliphatic hydroxyl groups is 1. The van der Waals surface area contributed by atoms with E-state index in [1.165, 1.54) is 13.0 Å². The third-order valence-corrected chi connectivity index (χ3v) is 5.88. The van der Waals surface area contributed by atoms with E-state index in [0.717, 1.165) is 0 Å². The molecule has 1 atom stereocenters. The molecule has 0 saturated heterocycles. The molecule has 0 aliphatic carbocycles. The molecule has 0 unspecified atom stereocenters. The van der Waals surface area contributed by atoms with Crippen LogP contribution >= 0.6 is 0 Å². The van der Waals surface area contributed by atoms with Crippen molar-refractivity contribution in [3.63, 3.8) is 0 Å². The number of hydrogen-bond donors (Lipinski definition) is 1. The Balaban J connectivity index is 1.71. The number of rotatable bonds is 8. The van der Waals surface area contributed by atoms with Crippen LogP contribution in [0.25, 0.3) is 11.2 Å². The van der Waals surface area contributed by atoms with Crippen LogP contribution in [0.2, 0.25) is 0 Å². The second kappa shape index (κ2) is 9.49. The van der Waals surface area contributed by atoms with E-state index < -0.39 is 23.0 Å². The molecule has 0 fully saturated rings. The van der Waals surface area contributed by atoms with Crippen LogP contribution in [0, 0.1) is 6.92 Å². The average molecular weight is 476 g/mol. The molecule has 1 aromatic carbocycles. The van der Waals surface area contributed by atoms with Gasteiger partial charge in [-0.3, -0.25) is 4.79 Å². The Labute approximate surface area is 198 Å². The number of aromatic nitrogens is 3. The van der Waals surface area contributed by atoms with Gasteiger partial charge in [0.2, 0.25) is 0 Å². The van der Waals surface area contributed by atoms with Crippen LogP contribution in [0.5, 0.6) is 0 Å². The number of carbonyl (C=O) groups excluding carboxylic acids is 1. The Bertz CT molecular complexity index is 1160.